The fraction of sp³-hybridized carbons (Fsp3) is 0.143. The summed E-state index contributed by atoms with van der Waals surface area (Å²) < 4.78 is 1.05. The molecule has 3 aromatic rings. The number of amides is 1. The summed E-state index contributed by atoms with van der Waals surface area (Å²) in [4.78, 5) is 30.6. The predicted octanol–water partition coefficient (Wildman–Crippen LogP) is 4.00. The van der Waals surface area contributed by atoms with Crippen molar-refractivity contribution in [3.63, 3.8) is 0 Å². The molecular weight excluding hydrogens is 364 g/mol. The Bertz CT molecular complexity index is 1040. The lowest BCUT2D eigenvalue weighted by Gasteiger charge is -2.11. The Balaban J connectivity index is 1.76. The van der Waals surface area contributed by atoms with E-state index in [1.807, 2.05) is 32.0 Å². The first-order valence-corrected chi connectivity index (χ1v) is 8.80. The van der Waals surface area contributed by atoms with Crippen molar-refractivity contribution in [2.45, 2.75) is 20.5 Å². The van der Waals surface area contributed by atoms with Crippen molar-refractivity contribution >= 4 is 23.2 Å². The number of benzene rings is 2. The van der Waals surface area contributed by atoms with E-state index in [4.69, 9.17) is 16.4 Å². The summed E-state index contributed by atoms with van der Waals surface area (Å²) in [5, 5.41) is 3.34. The molecule has 27 heavy (non-hydrogen) atoms. The van der Waals surface area contributed by atoms with Gasteiger partial charge in [0, 0.05) is 16.9 Å². The summed E-state index contributed by atoms with van der Waals surface area (Å²) in [6.07, 6.45) is 1.47. The topological polar surface area (TPSA) is 60.3 Å². The van der Waals surface area contributed by atoms with Gasteiger partial charge in [-0.3, -0.25) is 9.59 Å². The van der Waals surface area contributed by atoms with Crippen molar-refractivity contribution in [3.8, 4) is 0 Å². The van der Waals surface area contributed by atoms with Gasteiger partial charge in [-0.1, -0.05) is 29.8 Å². The number of carbonyl (C=O) groups is 1. The van der Waals surface area contributed by atoms with Crippen molar-refractivity contribution < 1.29 is 9.63 Å². The lowest BCUT2D eigenvalue weighted by atomic mass is 10.1. The zero-order valence-corrected chi connectivity index (χ0v) is 15.8. The van der Waals surface area contributed by atoms with Crippen LogP contribution in [0.5, 0.6) is 0 Å². The normalized spacial score (nSPS) is 10.5. The molecule has 0 aliphatic heterocycles. The molecule has 0 aliphatic rings. The molecule has 6 heteroatoms. The highest BCUT2D eigenvalue weighted by Crippen LogP contribution is 2.15. The Morgan fingerprint density at radius 1 is 1.07 bits per heavy atom. The summed E-state index contributed by atoms with van der Waals surface area (Å²) in [7, 11) is 0. The van der Waals surface area contributed by atoms with E-state index in [0.717, 1.165) is 21.4 Å². The molecule has 2 aromatic carbocycles. The third-order valence-corrected chi connectivity index (χ3v) is 4.42. The highest BCUT2D eigenvalue weighted by atomic mass is 35.5. The predicted molar refractivity (Wildman–Crippen MR) is 106 cm³/mol. The van der Waals surface area contributed by atoms with E-state index in [9.17, 15) is 9.59 Å². The maximum Gasteiger partial charge on any atom is 0.295 e. The minimum absolute atomic E-state index is 0.00169. The molecule has 0 aliphatic carbocycles. The van der Waals surface area contributed by atoms with Crippen LogP contribution < -0.4 is 15.7 Å². The first-order chi connectivity index (χ1) is 12.9. The summed E-state index contributed by atoms with van der Waals surface area (Å²) in [5.41, 5.74) is 3.12. The molecule has 1 aromatic heterocycles. The molecular formula is C21H19ClN2O3. The van der Waals surface area contributed by atoms with Crippen molar-refractivity contribution in [1.29, 1.82) is 0 Å². The van der Waals surface area contributed by atoms with Crippen LogP contribution in [0.4, 0.5) is 5.69 Å². The zero-order valence-electron chi connectivity index (χ0n) is 15.0. The molecule has 0 spiro atoms. The van der Waals surface area contributed by atoms with Crippen LogP contribution in [0, 0.1) is 13.8 Å². The third kappa shape index (κ3) is 4.57. The van der Waals surface area contributed by atoms with Gasteiger partial charge in [0.25, 0.3) is 11.5 Å². The molecule has 0 bridgehead atoms. The molecule has 0 unspecified atom stereocenters. The van der Waals surface area contributed by atoms with Crippen LogP contribution in [-0.2, 0) is 6.61 Å². The molecule has 0 fully saturated rings. The monoisotopic (exact) mass is 382 g/mol. The van der Waals surface area contributed by atoms with Gasteiger partial charge in [-0.05, 0) is 66.9 Å². The zero-order chi connectivity index (χ0) is 19.4. The second-order valence-corrected chi connectivity index (χ2v) is 6.65. The SMILES string of the molecule is Cc1ccc(NC(=O)c2cccn(OCc3cccc(Cl)c3)c2=O)cc1C. The second kappa shape index (κ2) is 8.10. The van der Waals surface area contributed by atoms with E-state index in [2.05, 4.69) is 5.32 Å². The molecule has 3 rings (SSSR count). The van der Waals surface area contributed by atoms with E-state index in [1.165, 1.54) is 12.3 Å². The van der Waals surface area contributed by atoms with Gasteiger partial charge in [-0.2, -0.15) is 4.73 Å². The van der Waals surface area contributed by atoms with E-state index < -0.39 is 11.5 Å². The molecule has 1 N–H and O–H groups in total. The fourth-order valence-electron chi connectivity index (χ4n) is 2.54. The van der Waals surface area contributed by atoms with E-state index in [0.29, 0.717) is 10.7 Å². The van der Waals surface area contributed by atoms with Gasteiger partial charge in [0.15, 0.2) is 0 Å². The van der Waals surface area contributed by atoms with Crippen molar-refractivity contribution in [1.82, 2.24) is 4.73 Å². The van der Waals surface area contributed by atoms with Crippen molar-refractivity contribution in [2.24, 2.45) is 0 Å². The molecule has 0 radical (unpaired) electrons. The summed E-state index contributed by atoms with van der Waals surface area (Å²) in [6, 6.07) is 15.8. The van der Waals surface area contributed by atoms with Crippen molar-refractivity contribution in [2.75, 3.05) is 5.32 Å². The van der Waals surface area contributed by atoms with Crippen LogP contribution in [0.25, 0.3) is 0 Å². The first-order valence-electron chi connectivity index (χ1n) is 8.42. The molecule has 0 atom stereocenters. The molecule has 1 amide bonds. The molecule has 5 nitrogen and oxygen atoms in total. The van der Waals surface area contributed by atoms with Crippen LogP contribution in [0.15, 0.2) is 65.6 Å². The third-order valence-electron chi connectivity index (χ3n) is 4.18. The maximum absolute atomic E-state index is 12.6. The van der Waals surface area contributed by atoms with Gasteiger partial charge >= 0.3 is 0 Å². The molecule has 1 heterocycles. The average Bonchev–Trinajstić information content (AvgIpc) is 2.64. The Kier molecular flexibility index (Phi) is 5.62. The second-order valence-electron chi connectivity index (χ2n) is 6.21. The summed E-state index contributed by atoms with van der Waals surface area (Å²) >= 11 is 5.95. The Morgan fingerprint density at radius 3 is 2.63 bits per heavy atom. The largest absolute Gasteiger partial charge is 0.406 e. The van der Waals surface area contributed by atoms with Crippen LogP contribution in [0.3, 0.4) is 0 Å². The number of aromatic nitrogens is 1. The number of nitrogens with zero attached hydrogens (tertiary/aromatic N) is 1. The van der Waals surface area contributed by atoms with Gasteiger partial charge in [-0.15, -0.1) is 0 Å². The first kappa shape index (κ1) is 18.7. The van der Waals surface area contributed by atoms with Crippen LogP contribution in [0.2, 0.25) is 5.02 Å². The van der Waals surface area contributed by atoms with Crippen LogP contribution >= 0.6 is 11.6 Å². The number of anilines is 1. The lowest BCUT2D eigenvalue weighted by Crippen LogP contribution is -2.32. The average molecular weight is 383 g/mol. The minimum Gasteiger partial charge on any atom is -0.406 e. The number of rotatable bonds is 5. The number of hydrogen-bond donors (Lipinski definition) is 1. The number of nitrogens with one attached hydrogen (secondary N) is 1. The number of aryl methyl sites for hydroxylation is 2. The maximum atomic E-state index is 12.6. The Morgan fingerprint density at radius 2 is 1.89 bits per heavy atom. The van der Waals surface area contributed by atoms with Gasteiger partial charge in [0.2, 0.25) is 0 Å². The van der Waals surface area contributed by atoms with E-state index in [1.54, 1.807) is 30.3 Å². The number of halogens is 1. The van der Waals surface area contributed by atoms with E-state index >= 15 is 0 Å². The quantitative estimate of drug-likeness (QED) is 0.725. The molecule has 0 saturated heterocycles. The number of carbonyl (C=O) groups excluding carboxylic acids is 1. The minimum atomic E-state index is -0.527. The van der Waals surface area contributed by atoms with Gasteiger partial charge < -0.3 is 10.2 Å². The molecule has 0 saturated carbocycles. The number of pyridine rings is 1. The fourth-order valence-corrected chi connectivity index (χ4v) is 2.75. The highest BCUT2D eigenvalue weighted by molar-refractivity contribution is 6.30. The Hall–Kier alpha value is -3.05. The lowest BCUT2D eigenvalue weighted by molar-refractivity contribution is 0.0863. The summed E-state index contributed by atoms with van der Waals surface area (Å²) in [5.74, 6) is -0.482. The Labute approximate surface area is 162 Å². The van der Waals surface area contributed by atoms with E-state index in [-0.39, 0.29) is 12.2 Å². The van der Waals surface area contributed by atoms with Crippen LogP contribution in [0.1, 0.15) is 27.0 Å². The van der Waals surface area contributed by atoms with Crippen LogP contribution in [-0.4, -0.2) is 10.6 Å². The van der Waals surface area contributed by atoms with Gasteiger partial charge in [0.05, 0.1) is 0 Å². The smallest absolute Gasteiger partial charge is 0.295 e. The number of hydrogen-bond acceptors (Lipinski definition) is 3. The highest BCUT2D eigenvalue weighted by Gasteiger charge is 2.13. The van der Waals surface area contributed by atoms with Gasteiger partial charge in [-0.25, -0.2) is 0 Å². The standard InChI is InChI=1S/C21H19ClN2O3/c1-14-8-9-18(11-15(14)2)23-20(25)19-7-4-10-24(21(19)26)27-13-16-5-3-6-17(22)12-16/h3-12H,13H2,1-2H3,(H,23,25). The van der Waals surface area contributed by atoms with Gasteiger partial charge in [0.1, 0.15) is 12.2 Å². The molecule has 138 valence electrons. The summed E-state index contributed by atoms with van der Waals surface area (Å²) in [6.45, 7) is 4.11. The van der Waals surface area contributed by atoms with Crippen molar-refractivity contribution in [3.05, 3.63) is 98.4 Å².